The second kappa shape index (κ2) is 8.88. The van der Waals surface area contributed by atoms with Crippen molar-refractivity contribution in [2.45, 2.75) is 44.4 Å². The summed E-state index contributed by atoms with van der Waals surface area (Å²) < 4.78 is 8.19. The minimum Gasteiger partial charge on any atom is -0.376 e. The number of hydrogen-bond acceptors (Lipinski definition) is 5. The minimum absolute atomic E-state index is 0.0170. The van der Waals surface area contributed by atoms with Crippen LogP contribution in [0.2, 0.25) is 0 Å². The molecule has 0 radical (unpaired) electrons. The van der Waals surface area contributed by atoms with E-state index in [1.807, 2.05) is 35.0 Å². The van der Waals surface area contributed by atoms with Crippen molar-refractivity contribution in [2.24, 2.45) is 17.8 Å². The fourth-order valence-electron chi connectivity index (χ4n) is 5.44. The largest absolute Gasteiger partial charge is 0.376 e. The van der Waals surface area contributed by atoms with Crippen LogP contribution >= 0.6 is 0 Å². The summed E-state index contributed by atoms with van der Waals surface area (Å²) in [6.45, 7) is 3.49. The Morgan fingerprint density at radius 2 is 1.91 bits per heavy atom. The molecule has 3 aliphatic rings. The lowest BCUT2D eigenvalue weighted by Gasteiger charge is -2.38. The summed E-state index contributed by atoms with van der Waals surface area (Å²) in [5.41, 5.74) is 2.30. The van der Waals surface area contributed by atoms with Crippen LogP contribution < -0.4 is 10.6 Å². The van der Waals surface area contributed by atoms with Gasteiger partial charge in [0.15, 0.2) is 11.3 Å². The van der Waals surface area contributed by atoms with Crippen LogP contribution in [0.3, 0.4) is 0 Å². The maximum atomic E-state index is 13.5. The third kappa shape index (κ3) is 4.39. The first-order valence-corrected chi connectivity index (χ1v) is 12.2. The molecule has 2 saturated carbocycles. The quantitative estimate of drug-likeness (QED) is 0.584. The molecule has 1 saturated heterocycles. The Labute approximate surface area is 193 Å². The highest BCUT2D eigenvalue weighted by molar-refractivity contribution is 6.04. The molecule has 1 aliphatic heterocycles. The average Bonchev–Trinajstić information content (AvgIpc) is 3.45. The number of benzene rings is 1. The Morgan fingerprint density at radius 3 is 2.73 bits per heavy atom. The Balaban J connectivity index is 1.24. The first-order valence-electron chi connectivity index (χ1n) is 12.2. The number of nitrogens with zero attached hydrogens (tertiary/aromatic N) is 3. The molecule has 3 aromatic rings. The predicted molar refractivity (Wildman–Crippen MR) is 126 cm³/mol. The number of ether oxygens (including phenoxy) is 1. The zero-order chi connectivity index (χ0) is 22.2. The molecule has 0 bridgehead atoms. The van der Waals surface area contributed by atoms with Crippen molar-refractivity contribution < 1.29 is 9.53 Å². The summed E-state index contributed by atoms with van der Waals surface area (Å²) in [5, 5.41) is 12.3. The number of fused-ring (bicyclic) bond motifs is 2. The van der Waals surface area contributed by atoms with Gasteiger partial charge in [-0.15, -0.1) is 0 Å². The predicted octanol–water partition coefficient (Wildman–Crippen LogP) is 3.00. The molecule has 33 heavy (non-hydrogen) atoms. The van der Waals surface area contributed by atoms with E-state index in [-0.39, 0.29) is 18.1 Å². The molecule has 0 spiro atoms. The molecule has 3 heterocycles. The standard InChI is InChI=1S/C26H31N5O2/c32-26(29-22-11-19-13-27-14-20(19)12-23(22)33-16-18-8-9-18)24-21-7-4-10-28-25(21)31(30-24)15-17-5-2-1-3-6-17/h1-7,10,18-20,22-23,27H,8-9,11-16H2,(H,29,32)/t19-,20+,22-,23-/m0/s1. The van der Waals surface area contributed by atoms with E-state index in [1.165, 1.54) is 12.8 Å². The van der Waals surface area contributed by atoms with Gasteiger partial charge in [0, 0.05) is 12.8 Å². The van der Waals surface area contributed by atoms with Crippen molar-refractivity contribution in [3.05, 3.63) is 59.9 Å². The van der Waals surface area contributed by atoms with Crippen molar-refractivity contribution in [3.63, 3.8) is 0 Å². The van der Waals surface area contributed by atoms with Crippen LogP contribution in [0.15, 0.2) is 48.7 Å². The third-order valence-corrected chi connectivity index (χ3v) is 7.48. The highest BCUT2D eigenvalue weighted by Crippen LogP contribution is 2.36. The fourth-order valence-corrected chi connectivity index (χ4v) is 5.44. The molecule has 1 amide bonds. The van der Waals surface area contributed by atoms with E-state index in [4.69, 9.17) is 9.84 Å². The monoisotopic (exact) mass is 445 g/mol. The second-order valence-corrected chi connectivity index (χ2v) is 9.91. The molecular weight excluding hydrogens is 414 g/mol. The number of aromatic nitrogens is 3. The maximum absolute atomic E-state index is 13.5. The van der Waals surface area contributed by atoms with Gasteiger partial charge in [-0.2, -0.15) is 5.10 Å². The summed E-state index contributed by atoms with van der Waals surface area (Å²) in [7, 11) is 0. The van der Waals surface area contributed by atoms with Gasteiger partial charge in [-0.05, 0) is 74.2 Å². The molecule has 4 atom stereocenters. The molecule has 2 aromatic heterocycles. The second-order valence-electron chi connectivity index (χ2n) is 9.91. The molecule has 7 nitrogen and oxygen atoms in total. The number of amides is 1. The molecule has 6 rings (SSSR count). The molecule has 2 N–H and O–H groups in total. The number of carbonyl (C=O) groups is 1. The smallest absolute Gasteiger partial charge is 0.272 e. The van der Waals surface area contributed by atoms with E-state index in [1.54, 1.807) is 6.20 Å². The highest BCUT2D eigenvalue weighted by atomic mass is 16.5. The van der Waals surface area contributed by atoms with Crippen LogP contribution in [0.1, 0.15) is 41.7 Å². The van der Waals surface area contributed by atoms with Gasteiger partial charge in [0.05, 0.1) is 24.1 Å². The number of rotatable bonds is 7. The molecular formula is C26H31N5O2. The van der Waals surface area contributed by atoms with E-state index >= 15 is 0 Å². The zero-order valence-corrected chi connectivity index (χ0v) is 18.8. The van der Waals surface area contributed by atoms with Gasteiger partial charge < -0.3 is 15.4 Å². The highest BCUT2D eigenvalue weighted by Gasteiger charge is 2.41. The number of carbonyl (C=O) groups excluding carboxylic acids is 1. The van der Waals surface area contributed by atoms with Gasteiger partial charge in [-0.1, -0.05) is 30.3 Å². The van der Waals surface area contributed by atoms with Crippen LogP contribution in [0.25, 0.3) is 11.0 Å². The molecule has 1 aromatic carbocycles. The normalized spacial score (nSPS) is 26.9. The van der Waals surface area contributed by atoms with E-state index in [0.717, 1.165) is 49.1 Å². The van der Waals surface area contributed by atoms with Crippen LogP contribution in [-0.2, 0) is 11.3 Å². The van der Waals surface area contributed by atoms with Gasteiger partial charge in [0.1, 0.15) is 0 Å². The number of pyridine rings is 1. The third-order valence-electron chi connectivity index (χ3n) is 7.48. The van der Waals surface area contributed by atoms with E-state index < -0.39 is 0 Å². The first-order chi connectivity index (χ1) is 16.2. The van der Waals surface area contributed by atoms with Gasteiger partial charge in [0.25, 0.3) is 5.91 Å². The van der Waals surface area contributed by atoms with Gasteiger partial charge in [-0.25, -0.2) is 9.67 Å². The fraction of sp³-hybridized carbons (Fsp3) is 0.500. The summed E-state index contributed by atoms with van der Waals surface area (Å²) >= 11 is 0. The Hall–Kier alpha value is -2.77. The Morgan fingerprint density at radius 1 is 1.09 bits per heavy atom. The summed E-state index contributed by atoms with van der Waals surface area (Å²) in [4.78, 5) is 18.0. The van der Waals surface area contributed by atoms with Crippen molar-refractivity contribution in [3.8, 4) is 0 Å². The van der Waals surface area contributed by atoms with E-state index in [2.05, 4.69) is 27.8 Å². The first kappa shape index (κ1) is 20.8. The van der Waals surface area contributed by atoms with E-state index in [9.17, 15) is 4.79 Å². The lowest BCUT2D eigenvalue weighted by molar-refractivity contribution is -0.0212. The summed E-state index contributed by atoms with van der Waals surface area (Å²) in [6, 6.07) is 14.0. The van der Waals surface area contributed by atoms with Crippen molar-refractivity contribution in [2.75, 3.05) is 19.7 Å². The minimum atomic E-state index is -0.130. The number of nitrogens with one attached hydrogen (secondary N) is 2. The molecule has 0 unspecified atom stereocenters. The molecule has 2 aliphatic carbocycles. The van der Waals surface area contributed by atoms with E-state index in [0.29, 0.717) is 30.0 Å². The molecule has 7 heteroatoms. The average molecular weight is 446 g/mol. The number of hydrogen-bond donors (Lipinski definition) is 2. The Bertz CT molecular complexity index is 1130. The lowest BCUT2D eigenvalue weighted by atomic mass is 9.77. The molecule has 172 valence electrons. The van der Waals surface area contributed by atoms with Gasteiger partial charge >= 0.3 is 0 Å². The van der Waals surface area contributed by atoms with Crippen LogP contribution in [0, 0.1) is 17.8 Å². The van der Waals surface area contributed by atoms with Crippen LogP contribution in [0.4, 0.5) is 0 Å². The van der Waals surface area contributed by atoms with Crippen molar-refractivity contribution >= 4 is 16.9 Å². The van der Waals surface area contributed by atoms with Gasteiger partial charge in [-0.3, -0.25) is 4.79 Å². The van der Waals surface area contributed by atoms with Crippen molar-refractivity contribution in [1.29, 1.82) is 0 Å². The summed E-state index contributed by atoms with van der Waals surface area (Å²) in [5.74, 6) is 1.83. The summed E-state index contributed by atoms with van der Waals surface area (Å²) in [6.07, 6.45) is 6.35. The molecule has 3 fully saturated rings. The SMILES string of the molecule is O=C(N[C@H]1C[C@H]2CNC[C@H]2C[C@@H]1OCC1CC1)c1nn(Cc2ccccc2)c2ncccc12. The topological polar surface area (TPSA) is 81.1 Å². The van der Waals surface area contributed by atoms with Crippen LogP contribution in [-0.4, -0.2) is 52.5 Å². The lowest BCUT2D eigenvalue weighted by Crippen LogP contribution is -2.50. The van der Waals surface area contributed by atoms with Crippen LogP contribution in [0.5, 0.6) is 0 Å². The Kier molecular flexibility index (Phi) is 5.60. The zero-order valence-electron chi connectivity index (χ0n) is 18.8. The van der Waals surface area contributed by atoms with Gasteiger partial charge in [0.2, 0.25) is 0 Å². The van der Waals surface area contributed by atoms with Crippen molar-refractivity contribution in [1.82, 2.24) is 25.4 Å². The maximum Gasteiger partial charge on any atom is 0.272 e.